The van der Waals surface area contributed by atoms with Gasteiger partial charge in [-0.3, -0.25) is 4.79 Å². The van der Waals surface area contributed by atoms with Gasteiger partial charge in [0.05, 0.1) is 12.0 Å². The van der Waals surface area contributed by atoms with Crippen molar-refractivity contribution in [2.24, 2.45) is 0 Å². The van der Waals surface area contributed by atoms with Crippen molar-refractivity contribution in [1.29, 1.82) is 0 Å². The van der Waals surface area contributed by atoms with Gasteiger partial charge in [0.1, 0.15) is 23.0 Å². The third-order valence-corrected chi connectivity index (χ3v) is 2.88. The predicted octanol–water partition coefficient (Wildman–Crippen LogP) is 3.85. The summed E-state index contributed by atoms with van der Waals surface area (Å²) in [5, 5.41) is 38.2. The number of aliphatic hydroxyl groups excluding tert-OH is 2. The van der Waals surface area contributed by atoms with Gasteiger partial charge >= 0.3 is 0 Å². The summed E-state index contributed by atoms with van der Waals surface area (Å²) in [6, 6.07) is 3.80. The molecule has 2 rings (SSSR count). The van der Waals surface area contributed by atoms with Gasteiger partial charge in [-0.2, -0.15) is 0 Å². The van der Waals surface area contributed by atoms with Crippen LogP contribution >= 0.6 is 0 Å². The fourth-order valence-corrected chi connectivity index (χ4v) is 1.84. The Morgan fingerprint density at radius 1 is 1.21 bits per heavy atom. The van der Waals surface area contributed by atoms with Gasteiger partial charge in [-0.25, -0.2) is 0 Å². The molecule has 0 unspecified atom stereocenters. The molecule has 128 valence electrons. The molecule has 24 heavy (non-hydrogen) atoms. The van der Waals surface area contributed by atoms with Crippen LogP contribution in [0.15, 0.2) is 60.3 Å². The van der Waals surface area contributed by atoms with Crippen LogP contribution in [0, 0.1) is 0 Å². The number of ether oxygens (including phenoxy) is 1. The largest absolute Gasteiger partial charge is 0.508 e. The summed E-state index contributed by atoms with van der Waals surface area (Å²) in [7, 11) is 0. The van der Waals surface area contributed by atoms with E-state index in [1.54, 1.807) is 0 Å². The number of allylic oxidation sites excluding steroid dienone is 4. The van der Waals surface area contributed by atoms with Crippen molar-refractivity contribution >= 4 is 11.5 Å². The topological polar surface area (TPSA) is 107 Å². The maximum Gasteiger partial charge on any atom is 0.166 e. The van der Waals surface area contributed by atoms with Crippen molar-refractivity contribution in [1.82, 2.24) is 0 Å². The van der Waals surface area contributed by atoms with Crippen LogP contribution in [0.25, 0.3) is 5.76 Å². The van der Waals surface area contributed by atoms with Gasteiger partial charge in [0.25, 0.3) is 0 Å². The minimum absolute atomic E-state index is 0.0294. The highest BCUT2D eigenvalue weighted by atomic mass is 16.5. The van der Waals surface area contributed by atoms with Crippen LogP contribution in [-0.4, -0.2) is 26.2 Å². The Hall–Kier alpha value is -3.15. The average molecular weight is 332 g/mol. The molecule has 0 atom stereocenters. The van der Waals surface area contributed by atoms with Crippen molar-refractivity contribution in [3.05, 3.63) is 65.8 Å². The summed E-state index contributed by atoms with van der Waals surface area (Å²) in [6.45, 7) is 7.30. The highest BCUT2D eigenvalue weighted by Gasteiger charge is 2.21. The number of rotatable bonds is 3. The molecule has 0 saturated carbocycles. The Morgan fingerprint density at radius 3 is 2.50 bits per heavy atom. The van der Waals surface area contributed by atoms with E-state index in [1.165, 1.54) is 24.3 Å². The lowest BCUT2D eigenvalue weighted by molar-refractivity contribution is -0.114. The maximum atomic E-state index is 11.8. The Kier molecular flexibility index (Phi) is 6.67. The van der Waals surface area contributed by atoms with Gasteiger partial charge < -0.3 is 25.2 Å². The molecule has 0 aliphatic carbocycles. The Balaban J connectivity index is 0.00000139. The van der Waals surface area contributed by atoms with Crippen molar-refractivity contribution in [3.63, 3.8) is 0 Å². The van der Waals surface area contributed by atoms with Crippen LogP contribution in [0.2, 0.25) is 0 Å². The third kappa shape index (κ3) is 4.67. The van der Waals surface area contributed by atoms with Crippen LogP contribution in [0.3, 0.4) is 0 Å². The number of phenolic OH excluding ortho intramolecular Hbond substituents is 2. The van der Waals surface area contributed by atoms with Gasteiger partial charge in [0.2, 0.25) is 0 Å². The number of aliphatic hydroxyl groups is 2. The van der Waals surface area contributed by atoms with Gasteiger partial charge in [0, 0.05) is 12.2 Å². The van der Waals surface area contributed by atoms with Crippen molar-refractivity contribution in [2.45, 2.75) is 20.3 Å². The standard InChI is InChI=1S/C16H14O6.C2H6/c1-2-13(19)15(21)8-11-5-10(18)7-16(22-11)12-6-9(17)3-4-14(12)20;1-2/h2-4,6-8,17,19-21H,1,5H2;1-2H3/b11-8+,15-13-;. The first-order chi connectivity index (χ1) is 11.4. The lowest BCUT2D eigenvalue weighted by Gasteiger charge is -2.18. The molecule has 0 aromatic heterocycles. The van der Waals surface area contributed by atoms with Gasteiger partial charge in [0.15, 0.2) is 17.3 Å². The van der Waals surface area contributed by atoms with E-state index >= 15 is 0 Å². The zero-order valence-corrected chi connectivity index (χ0v) is 13.5. The Bertz CT molecular complexity index is 725. The minimum Gasteiger partial charge on any atom is -0.508 e. The van der Waals surface area contributed by atoms with E-state index in [-0.39, 0.29) is 40.8 Å². The van der Waals surface area contributed by atoms with Crippen molar-refractivity contribution in [3.8, 4) is 11.5 Å². The number of ketones is 1. The molecule has 1 heterocycles. The summed E-state index contributed by atoms with van der Waals surface area (Å²) in [6.07, 6.45) is 3.19. The van der Waals surface area contributed by atoms with Crippen LogP contribution in [-0.2, 0) is 9.53 Å². The number of carbonyl (C=O) groups is 1. The Labute approximate surface area is 140 Å². The summed E-state index contributed by atoms with van der Waals surface area (Å²) >= 11 is 0. The third-order valence-electron chi connectivity index (χ3n) is 2.88. The molecule has 4 N–H and O–H groups in total. The lowest BCUT2D eigenvalue weighted by Crippen LogP contribution is -2.08. The SMILES string of the molecule is C=C/C(O)=C(O)\C=C1/CC(=O)C=C(c2cc(O)ccc2O)O1.CC. The van der Waals surface area contributed by atoms with E-state index in [1.807, 2.05) is 13.8 Å². The number of carbonyl (C=O) groups excluding carboxylic acids is 1. The summed E-state index contributed by atoms with van der Waals surface area (Å²) < 4.78 is 5.43. The fraction of sp³-hybridized carbons (Fsp3) is 0.167. The lowest BCUT2D eigenvalue weighted by atomic mass is 10.1. The second kappa shape index (κ2) is 8.47. The normalized spacial score (nSPS) is 16.3. The van der Waals surface area contributed by atoms with E-state index in [2.05, 4.69) is 6.58 Å². The minimum atomic E-state index is -0.501. The van der Waals surface area contributed by atoms with Crippen LogP contribution < -0.4 is 0 Å². The zero-order valence-electron chi connectivity index (χ0n) is 13.5. The summed E-state index contributed by atoms with van der Waals surface area (Å²) in [4.78, 5) is 11.8. The zero-order chi connectivity index (χ0) is 18.3. The second-order valence-electron chi connectivity index (χ2n) is 4.54. The average Bonchev–Trinajstić information content (AvgIpc) is 2.57. The van der Waals surface area contributed by atoms with Gasteiger partial charge in [-0.05, 0) is 24.3 Å². The van der Waals surface area contributed by atoms with Crippen molar-refractivity contribution < 1.29 is 30.0 Å². The summed E-state index contributed by atoms with van der Waals surface area (Å²) in [5.74, 6) is -1.45. The van der Waals surface area contributed by atoms with E-state index < -0.39 is 11.5 Å². The first-order valence-corrected chi connectivity index (χ1v) is 7.30. The number of aromatic hydroxyl groups is 2. The predicted molar refractivity (Wildman–Crippen MR) is 90.4 cm³/mol. The fourth-order valence-electron chi connectivity index (χ4n) is 1.84. The van der Waals surface area contributed by atoms with E-state index in [9.17, 15) is 25.2 Å². The van der Waals surface area contributed by atoms with Crippen LogP contribution in [0.5, 0.6) is 11.5 Å². The quantitative estimate of drug-likeness (QED) is 0.380. The number of phenols is 2. The number of hydrogen-bond donors (Lipinski definition) is 4. The highest BCUT2D eigenvalue weighted by Crippen LogP contribution is 2.34. The second-order valence-corrected chi connectivity index (χ2v) is 4.54. The maximum absolute atomic E-state index is 11.8. The molecule has 0 amide bonds. The first kappa shape index (κ1) is 18.9. The molecule has 0 fully saturated rings. The van der Waals surface area contributed by atoms with E-state index in [0.29, 0.717) is 0 Å². The molecule has 6 heteroatoms. The molecular formula is C18H20O6. The molecule has 0 radical (unpaired) electrons. The summed E-state index contributed by atoms with van der Waals surface area (Å²) in [5.41, 5.74) is 0.135. The smallest absolute Gasteiger partial charge is 0.166 e. The van der Waals surface area contributed by atoms with Crippen molar-refractivity contribution in [2.75, 3.05) is 0 Å². The molecular weight excluding hydrogens is 312 g/mol. The van der Waals surface area contributed by atoms with Gasteiger partial charge in [-0.1, -0.05) is 20.4 Å². The Morgan fingerprint density at radius 2 is 1.88 bits per heavy atom. The monoisotopic (exact) mass is 332 g/mol. The highest BCUT2D eigenvalue weighted by molar-refractivity contribution is 5.99. The molecule has 6 nitrogen and oxygen atoms in total. The molecule has 1 aromatic carbocycles. The molecule has 0 spiro atoms. The molecule has 1 aromatic rings. The molecule has 0 bridgehead atoms. The molecule has 1 aliphatic heterocycles. The van der Waals surface area contributed by atoms with Crippen LogP contribution in [0.1, 0.15) is 25.8 Å². The number of benzene rings is 1. The van der Waals surface area contributed by atoms with Gasteiger partial charge in [-0.15, -0.1) is 0 Å². The van der Waals surface area contributed by atoms with E-state index in [0.717, 1.165) is 12.2 Å². The first-order valence-electron chi connectivity index (χ1n) is 7.30. The molecule has 0 saturated heterocycles. The van der Waals surface area contributed by atoms with E-state index in [4.69, 9.17) is 4.74 Å². The van der Waals surface area contributed by atoms with Crippen LogP contribution in [0.4, 0.5) is 0 Å². The molecule has 1 aliphatic rings. The number of hydrogen-bond acceptors (Lipinski definition) is 6.